The molecule has 1 unspecified atom stereocenters. The van der Waals surface area contributed by atoms with Crippen molar-refractivity contribution in [3.05, 3.63) is 64.8 Å². The van der Waals surface area contributed by atoms with Crippen LogP contribution in [0, 0.1) is 0 Å². The first-order valence-electron chi connectivity index (χ1n) is 10.8. The highest BCUT2D eigenvalue weighted by Crippen LogP contribution is 2.34. The van der Waals surface area contributed by atoms with Crippen molar-refractivity contribution in [1.82, 2.24) is 15.4 Å². The second kappa shape index (κ2) is 9.22. The number of nitrogens with zero attached hydrogens (tertiary/aromatic N) is 2. The third-order valence-electron chi connectivity index (χ3n) is 5.86. The largest absolute Gasteiger partial charge is 0.486 e. The van der Waals surface area contributed by atoms with Crippen LogP contribution < -0.4 is 14.8 Å². The molecule has 1 N–H and O–H groups in total. The van der Waals surface area contributed by atoms with E-state index in [1.54, 1.807) is 6.07 Å². The molecule has 1 fully saturated rings. The number of fused-ring (bicyclic) bond motifs is 1. The summed E-state index contributed by atoms with van der Waals surface area (Å²) in [5, 5.41) is 7.70. The maximum Gasteiger partial charge on any atom is 0.273 e. The number of nitrogens with one attached hydrogen (secondary N) is 1. The number of halogens is 1. The van der Waals surface area contributed by atoms with E-state index >= 15 is 0 Å². The summed E-state index contributed by atoms with van der Waals surface area (Å²) >= 11 is 6.06. The summed E-state index contributed by atoms with van der Waals surface area (Å²) in [5.74, 6) is 1.59. The van der Waals surface area contributed by atoms with Gasteiger partial charge in [-0.1, -0.05) is 28.9 Å². The smallest absolute Gasteiger partial charge is 0.273 e. The Labute approximate surface area is 191 Å². The molecule has 1 amide bonds. The van der Waals surface area contributed by atoms with Crippen LogP contribution in [-0.2, 0) is 0 Å². The summed E-state index contributed by atoms with van der Waals surface area (Å²) in [6.07, 6.45) is 2.33. The summed E-state index contributed by atoms with van der Waals surface area (Å²) in [4.78, 5) is 15.2. The Balaban J connectivity index is 1.28. The molecule has 2 aliphatic rings. The lowest BCUT2D eigenvalue weighted by molar-refractivity contribution is 0.0929. The number of likely N-dealkylation sites (tertiary alicyclic amines) is 1. The summed E-state index contributed by atoms with van der Waals surface area (Å²) in [7, 11) is 0. The third kappa shape index (κ3) is 4.45. The van der Waals surface area contributed by atoms with Gasteiger partial charge in [0.1, 0.15) is 13.2 Å². The molecule has 8 heteroatoms. The molecule has 0 radical (unpaired) electrons. The molecule has 1 aromatic heterocycles. The minimum Gasteiger partial charge on any atom is -0.486 e. The van der Waals surface area contributed by atoms with Crippen LogP contribution in [0.3, 0.4) is 0 Å². The molecule has 7 nitrogen and oxygen atoms in total. The number of amides is 1. The van der Waals surface area contributed by atoms with E-state index in [-0.39, 0.29) is 17.6 Å². The Hall–Kier alpha value is -3.03. The number of benzene rings is 2. The van der Waals surface area contributed by atoms with Gasteiger partial charge >= 0.3 is 0 Å². The summed E-state index contributed by atoms with van der Waals surface area (Å²) in [6, 6.07) is 15.1. The van der Waals surface area contributed by atoms with Crippen LogP contribution in [-0.4, -0.2) is 48.8 Å². The third-order valence-corrected chi connectivity index (χ3v) is 6.11. The molecular formula is C24H24ClN3O4. The van der Waals surface area contributed by atoms with Gasteiger partial charge in [0.15, 0.2) is 23.0 Å². The SMILES string of the molecule is O=C(NCC(c1ccc(Cl)cc1)N1CCCC1)c1cc(-c2ccc3c(c2)OCCO3)on1. The van der Waals surface area contributed by atoms with Gasteiger partial charge in [0.25, 0.3) is 5.91 Å². The lowest BCUT2D eigenvalue weighted by Gasteiger charge is -2.28. The Bertz CT molecular complexity index is 1090. The topological polar surface area (TPSA) is 76.8 Å². The second-order valence-corrected chi connectivity index (χ2v) is 8.39. The van der Waals surface area contributed by atoms with Gasteiger partial charge in [-0.25, -0.2) is 0 Å². The van der Waals surface area contributed by atoms with E-state index in [2.05, 4.69) is 15.4 Å². The molecule has 3 heterocycles. The predicted molar refractivity (Wildman–Crippen MR) is 120 cm³/mol. The molecule has 0 saturated carbocycles. The zero-order valence-electron chi connectivity index (χ0n) is 17.6. The Morgan fingerprint density at radius 3 is 2.56 bits per heavy atom. The Kier molecular flexibility index (Phi) is 6.01. The van der Waals surface area contributed by atoms with Crippen LogP contribution in [0.5, 0.6) is 11.5 Å². The van der Waals surface area contributed by atoms with Crippen molar-refractivity contribution in [1.29, 1.82) is 0 Å². The van der Waals surface area contributed by atoms with Crippen LogP contribution in [0.15, 0.2) is 53.1 Å². The van der Waals surface area contributed by atoms with Crippen molar-refractivity contribution in [3.8, 4) is 22.8 Å². The summed E-state index contributed by atoms with van der Waals surface area (Å²) in [6.45, 7) is 3.55. The quantitative estimate of drug-likeness (QED) is 0.598. The van der Waals surface area contributed by atoms with Crippen molar-refractivity contribution in [3.63, 3.8) is 0 Å². The molecular weight excluding hydrogens is 430 g/mol. The highest BCUT2D eigenvalue weighted by Gasteiger charge is 2.25. The number of carbonyl (C=O) groups excluding carboxylic acids is 1. The van der Waals surface area contributed by atoms with Crippen molar-refractivity contribution in [2.45, 2.75) is 18.9 Å². The molecule has 32 heavy (non-hydrogen) atoms. The fraction of sp³-hybridized carbons (Fsp3) is 0.333. The molecule has 3 aromatic rings. The molecule has 1 atom stereocenters. The first kappa shape index (κ1) is 20.8. The van der Waals surface area contributed by atoms with Gasteiger partial charge in [-0.3, -0.25) is 9.69 Å². The lowest BCUT2D eigenvalue weighted by Crippen LogP contribution is -2.36. The fourth-order valence-corrected chi connectivity index (χ4v) is 4.32. The number of hydrogen-bond acceptors (Lipinski definition) is 6. The molecule has 2 aliphatic heterocycles. The fourth-order valence-electron chi connectivity index (χ4n) is 4.19. The van der Waals surface area contributed by atoms with Gasteiger partial charge in [-0.2, -0.15) is 0 Å². The molecule has 166 valence electrons. The highest BCUT2D eigenvalue weighted by molar-refractivity contribution is 6.30. The number of ether oxygens (including phenoxy) is 2. The molecule has 0 aliphatic carbocycles. The van der Waals surface area contributed by atoms with Crippen molar-refractivity contribution in [2.24, 2.45) is 0 Å². The van der Waals surface area contributed by atoms with Crippen molar-refractivity contribution < 1.29 is 18.8 Å². The van der Waals surface area contributed by atoms with E-state index in [0.717, 1.165) is 24.2 Å². The monoisotopic (exact) mass is 453 g/mol. The normalized spacial score (nSPS) is 16.7. The van der Waals surface area contributed by atoms with E-state index < -0.39 is 0 Å². The van der Waals surface area contributed by atoms with Crippen LogP contribution >= 0.6 is 11.6 Å². The van der Waals surface area contributed by atoms with Crippen LogP contribution in [0.4, 0.5) is 0 Å². The maximum atomic E-state index is 12.8. The second-order valence-electron chi connectivity index (χ2n) is 7.96. The van der Waals surface area contributed by atoms with E-state index in [4.69, 9.17) is 25.6 Å². The molecule has 2 aromatic carbocycles. The minimum absolute atomic E-state index is 0.0860. The molecule has 0 spiro atoms. The van der Waals surface area contributed by atoms with Gasteiger partial charge < -0.3 is 19.3 Å². The Morgan fingerprint density at radius 2 is 1.78 bits per heavy atom. The zero-order valence-corrected chi connectivity index (χ0v) is 18.3. The van der Waals surface area contributed by atoms with Crippen LogP contribution in [0.2, 0.25) is 5.02 Å². The molecule has 0 bridgehead atoms. The zero-order chi connectivity index (χ0) is 21.9. The number of hydrogen-bond donors (Lipinski definition) is 1. The standard InChI is InChI=1S/C24H24ClN3O4/c25-18-6-3-16(4-7-18)20(28-9-1-2-10-28)15-26-24(29)19-14-22(32-27-19)17-5-8-21-23(13-17)31-12-11-30-21/h3-8,13-14,20H,1-2,9-12,15H2,(H,26,29). The van der Waals surface area contributed by atoms with Gasteiger partial charge in [-0.05, 0) is 61.8 Å². The van der Waals surface area contributed by atoms with E-state index in [1.807, 2.05) is 42.5 Å². The first-order valence-corrected chi connectivity index (χ1v) is 11.2. The predicted octanol–water partition coefficient (Wildman–Crippen LogP) is 4.33. The van der Waals surface area contributed by atoms with Gasteiger partial charge in [0, 0.05) is 23.2 Å². The van der Waals surface area contributed by atoms with Gasteiger partial charge in [0.05, 0.1) is 6.04 Å². The van der Waals surface area contributed by atoms with E-state index in [9.17, 15) is 4.79 Å². The van der Waals surface area contributed by atoms with E-state index in [1.165, 1.54) is 12.8 Å². The minimum atomic E-state index is -0.268. The summed E-state index contributed by atoms with van der Waals surface area (Å²) < 4.78 is 16.6. The molecule has 1 saturated heterocycles. The van der Waals surface area contributed by atoms with Crippen LogP contribution in [0.1, 0.15) is 34.9 Å². The summed E-state index contributed by atoms with van der Waals surface area (Å²) in [5.41, 5.74) is 2.15. The lowest BCUT2D eigenvalue weighted by atomic mass is 10.1. The highest BCUT2D eigenvalue weighted by atomic mass is 35.5. The maximum absolute atomic E-state index is 12.8. The van der Waals surface area contributed by atoms with E-state index in [0.29, 0.717) is 42.0 Å². The van der Waals surface area contributed by atoms with Gasteiger partial charge in [0.2, 0.25) is 0 Å². The molecule has 5 rings (SSSR count). The number of rotatable bonds is 6. The Morgan fingerprint density at radius 1 is 1.03 bits per heavy atom. The average molecular weight is 454 g/mol. The first-order chi connectivity index (χ1) is 15.7. The number of carbonyl (C=O) groups is 1. The number of aromatic nitrogens is 1. The van der Waals surface area contributed by atoms with Crippen LogP contribution in [0.25, 0.3) is 11.3 Å². The van der Waals surface area contributed by atoms with Crippen molar-refractivity contribution >= 4 is 17.5 Å². The van der Waals surface area contributed by atoms with Gasteiger partial charge in [-0.15, -0.1) is 0 Å². The average Bonchev–Trinajstić information content (AvgIpc) is 3.53. The van der Waals surface area contributed by atoms with Crippen molar-refractivity contribution in [2.75, 3.05) is 32.8 Å².